The van der Waals surface area contributed by atoms with Crippen LogP contribution in [0.5, 0.6) is 0 Å². The van der Waals surface area contributed by atoms with Crippen molar-refractivity contribution in [1.29, 1.82) is 0 Å². The van der Waals surface area contributed by atoms with E-state index in [9.17, 15) is 4.79 Å². The topological polar surface area (TPSA) is 58.1 Å². The quantitative estimate of drug-likeness (QED) is 0.889. The van der Waals surface area contributed by atoms with Crippen molar-refractivity contribution in [3.8, 4) is 11.3 Å². The van der Waals surface area contributed by atoms with E-state index in [0.29, 0.717) is 22.8 Å². The highest BCUT2D eigenvalue weighted by Crippen LogP contribution is 2.41. The number of nitrogens with one attached hydrogen (secondary N) is 1. The minimum absolute atomic E-state index is 0.0180. The summed E-state index contributed by atoms with van der Waals surface area (Å²) in [6, 6.07) is 9.88. The molecule has 1 aromatic carbocycles. The molecule has 1 unspecified atom stereocenters. The van der Waals surface area contributed by atoms with Crippen molar-refractivity contribution in [3.63, 3.8) is 0 Å². The molecule has 3 atom stereocenters. The van der Waals surface area contributed by atoms with Gasteiger partial charge in [0.05, 0.1) is 10.7 Å². The second-order valence-electron chi connectivity index (χ2n) is 6.76. The monoisotopic (exact) mass is 342 g/mol. The number of piperidine rings is 1. The highest BCUT2D eigenvalue weighted by Gasteiger charge is 2.46. The Hall–Kier alpha value is -2.14. The Morgan fingerprint density at radius 3 is 2.75 bits per heavy atom. The molecule has 1 aromatic heterocycles. The van der Waals surface area contributed by atoms with Crippen LogP contribution in [0.15, 0.2) is 36.5 Å². The lowest BCUT2D eigenvalue weighted by Crippen LogP contribution is -2.63. The van der Waals surface area contributed by atoms with Gasteiger partial charge in [-0.15, -0.1) is 0 Å². The molecule has 0 radical (unpaired) electrons. The molecule has 3 aliphatic rings. The molecule has 2 aromatic rings. The molecule has 1 aliphatic carbocycles. The lowest BCUT2D eigenvalue weighted by atomic mass is 9.74. The van der Waals surface area contributed by atoms with Crippen LogP contribution in [0, 0.1) is 5.92 Å². The van der Waals surface area contributed by atoms with Crippen LogP contribution in [0.2, 0.25) is 5.02 Å². The lowest BCUT2D eigenvalue weighted by Gasteiger charge is -2.54. The van der Waals surface area contributed by atoms with Crippen LogP contribution >= 0.6 is 11.6 Å². The Kier molecular flexibility index (Phi) is 3.88. The van der Waals surface area contributed by atoms with Crippen LogP contribution in [0.4, 0.5) is 10.5 Å². The molecule has 2 saturated heterocycles. The molecule has 3 heterocycles. The van der Waals surface area contributed by atoms with Gasteiger partial charge >= 0.3 is 6.03 Å². The first-order valence-electron chi connectivity index (χ1n) is 8.29. The molecule has 2 bridgehead atoms. The highest BCUT2D eigenvalue weighted by atomic mass is 35.5. The average molecular weight is 343 g/mol. The molecule has 2 aliphatic heterocycles. The summed E-state index contributed by atoms with van der Waals surface area (Å²) in [5.41, 5.74) is 2.18. The number of halogens is 1. The number of urea groups is 1. The summed E-state index contributed by atoms with van der Waals surface area (Å²) in [5.74, 6) is 0.719. The van der Waals surface area contributed by atoms with Gasteiger partial charge in [0.25, 0.3) is 0 Å². The van der Waals surface area contributed by atoms with Gasteiger partial charge in [-0.2, -0.15) is 10.2 Å². The molecule has 0 spiro atoms. The minimum atomic E-state index is -0.0180. The number of hydrogen-bond donors (Lipinski definition) is 1. The number of fused-ring (bicyclic) bond motifs is 2. The summed E-state index contributed by atoms with van der Waals surface area (Å²) in [4.78, 5) is 14.6. The molecule has 1 saturated carbocycles. The molecule has 5 nitrogen and oxygen atoms in total. The number of amides is 2. The second-order valence-corrected chi connectivity index (χ2v) is 7.17. The summed E-state index contributed by atoms with van der Waals surface area (Å²) < 4.78 is 0. The number of carbonyl (C=O) groups excluding carboxylic acids is 1. The summed E-state index contributed by atoms with van der Waals surface area (Å²) >= 11 is 6.27. The van der Waals surface area contributed by atoms with E-state index < -0.39 is 0 Å². The zero-order valence-corrected chi connectivity index (χ0v) is 14.2. The fraction of sp³-hybridized carbons (Fsp3) is 0.389. The van der Waals surface area contributed by atoms with E-state index in [2.05, 4.69) is 22.4 Å². The van der Waals surface area contributed by atoms with Crippen LogP contribution in [-0.4, -0.2) is 33.2 Å². The van der Waals surface area contributed by atoms with Crippen molar-refractivity contribution in [3.05, 3.63) is 41.6 Å². The SMILES string of the molecule is CC1C[C@@H]2C[C@H](C1)N2C(=O)Nc1ccc(Cl)c(-c2cccnn2)c1. The van der Waals surface area contributed by atoms with Gasteiger partial charge in [-0.05, 0) is 55.5 Å². The largest absolute Gasteiger partial charge is 0.322 e. The number of anilines is 1. The summed E-state index contributed by atoms with van der Waals surface area (Å²) in [6.45, 7) is 2.26. The standard InChI is InChI=1S/C18H19ClN4O/c1-11-7-13-10-14(8-11)23(13)18(24)21-12-4-5-16(19)15(9-12)17-3-2-6-20-22-17/h2-6,9,11,13-14H,7-8,10H2,1H3,(H,21,24)/t11?,13-,14+. The van der Waals surface area contributed by atoms with Crippen LogP contribution in [0.25, 0.3) is 11.3 Å². The fourth-order valence-electron chi connectivity index (χ4n) is 3.91. The van der Waals surface area contributed by atoms with Crippen molar-refractivity contribution in [2.45, 2.75) is 38.3 Å². The first-order valence-corrected chi connectivity index (χ1v) is 8.66. The van der Waals surface area contributed by atoms with Crippen molar-refractivity contribution >= 4 is 23.3 Å². The average Bonchev–Trinajstić information content (AvgIpc) is 2.57. The Balaban J connectivity index is 1.52. The number of nitrogens with zero attached hydrogens (tertiary/aromatic N) is 3. The third-order valence-electron chi connectivity index (χ3n) is 4.98. The van der Waals surface area contributed by atoms with E-state index in [1.165, 1.54) is 0 Å². The fourth-order valence-corrected chi connectivity index (χ4v) is 4.12. The van der Waals surface area contributed by atoms with Gasteiger partial charge in [0, 0.05) is 29.5 Å². The van der Waals surface area contributed by atoms with Crippen molar-refractivity contribution < 1.29 is 4.79 Å². The zero-order valence-electron chi connectivity index (χ0n) is 13.4. The molecule has 5 rings (SSSR count). The number of carbonyl (C=O) groups is 1. The van der Waals surface area contributed by atoms with Gasteiger partial charge in [-0.25, -0.2) is 4.79 Å². The van der Waals surface area contributed by atoms with Crippen molar-refractivity contribution in [2.24, 2.45) is 5.92 Å². The Labute approximate surface area is 146 Å². The highest BCUT2D eigenvalue weighted by molar-refractivity contribution is 6.33. The Bertz CT molecular complexity index is 755. The van der Waals surface area contributed by atoms with Crippen molar-refractivity contribution in [1.82, 2.24) is 15.1 Å². The van der Waals surface area contributed by atoms with Gasteiger partial charge < -0.3 is 10.2 Å². The number of rotatable bonds is 2. The van der Waals surface area contributed by atoms with Gasteiger partial charge in [0.1, 0.15) is 0 Å². The zero-order chi connectivity index (χ0) is 16.7. The van der Waals surface area contributed by atoms with Gasteiger partial charge in [0.2, 0.25) is 0 Å². The number of aromatic nitrogens is 2. The number of hydrogen-bond acceptors (Lipinski definition) is 3. The summed E-state index contributed by atoms with van der Waals surface area (Å²) in [5, 5.41) is 11.6. The molecule has 124 valence electrons. The third-order valence-corrected chi connectivity index (χ3v) is 5.31. The first kappa shape index (κ1) is 15.4. The van der Waals surface area contributed by atoms with Crippen LogP contribution in [0.3, 0.4) is 0 Å². The normalized spacial score (nSPS) is 25.1. The number of benzene rings is 1. The Morgan fingerprint density at radius 2 is 2.04 bits per heavy atom. The predicted octanol–water partition coefficient (Wildman–Crippen LogP) is 4.20. The second kappa shape index (κ2) is 6.06. The van der Waals surface area contributed by atoms with E-state index in [0.717, 1.165) is 36.4 Å². The van der Waals surface area contributed by atoms with Crippen LogP contribution < -0.4 is 5.32 Å². The van der Waals surface area contributed by atoms with Crippen LogP contribution in [0.1, 0.15) is 26.2 Å². The maximum absolute atomic E-state index is 12.6. The van der Waals surface area contributed by atoms with Crippen molar-refractivity contribution in [2.75, 3.05) is 5.32 Å². The van der Waals surface area contributed by atoms with Gasteiger partial charge in [-0.3, -0.25) is 0 Å². The molecule has 6 heteroatoms. The first-order chi connectivity index (χ1) is 11.6. The lowest BCUT2D eigenvalue weighted by molar-refractivity contribution is -0.00600. The van der Waals surface area contributed by atoms with E-state index in [1.54, 1.807) is 12.3 Å². The molecular formula is C18H19ClN4O. The Morgan fingerprint density at radius 1 is 1.25 bits per heavy atom. The predicted molar refractivity (Wildman–Crippen MR) is 93.9 cm³/mol. The van der Waals surface area contributed by atoms with E-state index in [-0.39, 0.29) is 6.03 Å². The smallest absolute Gasteiger partial charge is 0.318 e. The van der Waals surface area contributed by atoms with Gasteiger partial charge in [-0.1, -0.05) is 18.5 Å². The minimum Gasteiger partial charge on any atom is -0.318 e. The maximum Gasteiger partial charge on any atom is 0.322 e. The molecular weight excluding hydrogens is 324 g/mol. The van der Waals surface area contributed by atoms with E-state index in [1.807, 2.05) is 29.2 Å². The third kappa shape index (κ3) is 2.73. The molecule has 3 fully saturated rings. The molecule has 1 N–H and O–H groups in total. The van der Waals surface area contributed by atoms with Gasteiger partial charge in [0.15, 0.2) is 0 Å². The van der Waals surface area contributed by atoms with E-state index in [4.69, 9.17) is 11.6 Å². The summed E-state index contributed by atoms with van der Waals surface area (Å²) in [7, 11) is 0. The summed E-state index contributed by atoms with van der Waals surface area (Å²) in [6.07, 6.45) is 4.97. The molecule has 24 heavy (non-hydrogen) atoms. The van der Waals surface area contributed by atoms with E-state index >= 15 is 0 Å². The van der Waals surface area contributed by atoms with Crippen LogP contribution in [-0.2, 0) is 0 Å². The molecule has 2 amide bonds. The maximum atomic E-state index is 12.6.